The summed E-state index contributed by atoms with van der Waals surface area (Å²) in [5.74, 6) is -0.273. The first-order chi connectivity index (χ1) is 8.56. The zero-order valence-electron chi connectivity index (χ0n) is 9.60. The first-order valence-corrected chi connectivity index (χ1v) is 6.98. The highest BCUT2D eigenvalue weighted by Crippen LogP contribution is 2.15. The van der Waals surface area contributed by atoms with Crippen molar-refractivity contribution in [3.05, 3.63) is 36.8 Å². The third-order valence-electron chi connectivity index (χ3n) is 2.15. The molecule has 1 unspecified atom stereocenters. The molecule has 1 atom stereocenters. The Morgan fingerprint density at radius 3 is 2.89 bits per heavy atom. The summed E-state index contributed by atoms with van der Waals surface area (Å²) in [5, 5.41) is 6.76. The van der Waals surface area contributed by atoms with Gasteiger partial charge in [-0.1, -0.05) is 11.3 Å². The van der Waals surface area contributed by atoms with Gasteiger partial charge in [0, 0.05) is 16.5 Å². The van der Waals surface area contributed by atoms with Crippen molar-refractivity contribution in [1.29, 1.82) is 0 Å². The second kappa shape index (κ2) is 5.42. The van der Waals surface area contributed by atoms with E-state index in [1.807, 2.05) is 6.92 Å². The maximum atomic E-state index is 11.8. The van der Waals surface area contributed by atoms with Gasteiger partial charge in [0.15, 0.2) is 0 Å². The summed E-state index contributed by atoms with van der Waals surface area (Å²) in [4.78, 5) is 29.3. The smallest absolute Gasteiger partial charge is 0.304 e. The Hall–Kier alpha value is -1.51. The van der Waals surface area contributed by atoms with Crippen LogP contribution in [0, 0.1) is 0 Å². The first kappa shape index (κ1) is 12.9. The number of amides is 1. The highest BCUT2D eigenvalue weighted by molar-refractivity contribution is 7.09. The number of aromatic nitrogens is 2. The van der Waals surface area contributed by atoms with Gasteiger partial charge in [0.25, 0.3) is 5.91 Å². The summed E-state index contributed by atoms with van der Waals surface area (Å²) >= 11 is 2.43. The minimum absolute atomic E-state index is 0.132. The van der Waals surface area contributed by atoms with E-state index in [-0.39, 0.29) is 23.4 Å². The molecule has 2 aromatic heterocycles. The van der Waals surface area contributed by atoms with Crippen LogP contribution in [0.2, 0.25) is 0 Å². The van der Waals surface area contributed by atoms with Crippen LogP contribution in [0.1, 0.15) is 34.2 Å². The summed E-state index contributed by atoms with van der Waals surface area (Å²) in [6.07, 6.45) is 0. The van der Waals surface area contributed by atoms with Crippen molar-refractivity contribution in [1.82, 2.24) is 15.3 Å². The summed E-state index contributed by atoms with van der Waals surface area (Å²) in [6, 6.07) is -0.176. The lowest BCUT2D eigenvalue weighted by Crippen LogP contribution is -2.23. The van der Waals surface area contributed by atoms with Crippen LogP contribution in [-0.2, 0) is 6.54 Å². The van der Waals surface area contributed by atoms with Gasteiger partial charge in [-0.05, 0) is 6.92 Å². The van der Waals surface area contributed by atoms with Crippen molar-refractivity contribution in [2.45, 2.75) is 19.5 Å². The highest BCUT2D eigenvalue weighted by atomic mass is 32.1. The molecule has 2 aromatic rings. The van der Waals surface area contributed by atoms with Gasteiger partial charge in [-0.2, -0.15) is 0 Å². The lowest BCUT2D eigenvalue weighted by atomic mass is 10.4. The third-order valence-corrected chi connectivity index (χ3v) is 3.92. The van der Waals surface area contributed by atoms with Crippen LogP contribution in [0.5, 0.6) is 0 Å². The molecule has 96 valence electrons. The van der Waals surface area contributed by atoms with Crippen LogP contribution < -0.4 is 15.9 Å². The molecule has 0 saturated carbocycles. The Morgan fingerprint density at radius 2 is 2.33 bits per heavy atom. The van der Waals surface area contributed by atoms with Crippen molar-refractivity contribution in [3.63, 3.8) is 0 Å². The van der Waals surface area contributed by atoms with Crippen LogP contribution in [0.15, 0.2) is 15.6 Å². The number of rotatable bonds is 4. The quantitative estimate of drug-likeness (QED) is 0.774. The Morgan fingerprint density at radius 1 is 1.56 bits per heavy atom. The molecule has 2 heterocycles. The second-order valence-corrected chi connectivity index (χ2v) is 5.45. The van der Waals surface area contributed by atoms with Crippen molar-refractivity contribution >= 4 is 28.6 Å². The minimum Gasteiger partial charge on any atom is -0.345 e. The molecule has 1 amide bonds. The summed E-state index contributed by atoms with van der Waals surface area (Å²) in [6.45, 7) is 2.10. The number of carbonyl (C=O) groups is 1. The Balaban J connectivity index is 1.97. The third kappa shape index (κ3) is 3.03. The number of nitrogens with zero attached hydrogens (tertiary/aromatic N) is 1. The maximum Gasteiger partial charge on any atom is 0.304 e. The molecule has 0 saturated heterocycles. The lowest BCUT2D eigenvalue weighted by molar-refractivity contribution is 0.0946. The van der Waals surface area contributed by atoms with Crippen molar-refractivity contribution in [2.24, 2.45) is 5.73 Å². The molecule has 4 N–H and O–H groups in total. The maximum absolute atomic E-state index is 11.8. The van der Waals surface area contributed by atoms with Gasteiger partial charge in [0.2, 0.25) is 0 Å². The van der Waals surface area contributed by atoms with Gasteiger partial charge in [0.05, 0.1) is 12.6 Å². The van der Waals surface area contributed by atoms with Gasteiger partial charge in [-0.3, -0.25) is 9.59 Å². The SMILES string of the molecule is CC(N)c1nc(C(=O)NCc2csc(=O)[nH]2)cs1. The fourth-order valence-corrected chi connectivity index (χ4v) is 2.61. The zero-order valence-corrected chi connectivity index (χ0v) is 11.2. The Kier molecular flexibility index (Phi) is 3.90. The molecule has 8 heteroatoms. The summed E-state index contributed by atoms with van der Waals surface area (Å²) < 4.78 is 0. The molecule has 0 bridgehead atoms. The Labute approximate surface area is 111 Å². The minimum atomic E-state index is -0.273. The van der Waals surface area contributed by atoms with E-state index in [2.05, 4.69) is 15.3 Å². The number of hydrogen-bond donors (Lipinski definition) is 3. The molecule has 2 rings (SSSR count). The lowest BCUT2D eigenvalue weighted by Gasteiger charge is -2.00. The zero-order chi connectivity index (χ0) is 13.1. The molecule has 0 fully saturated rings. The number of nitrogens with two attached hydrogens (primary N) is 1. The molecule has 0 aromatic carbocycles. The van der Waals surface area contributed by atoms with Crippen LogP contribution in [-0.4, -0.2) is 15.9 Å². The normalized spacial score (nSPS) is 12.3. The molecule has 0 spiro atoms. The number of thiazole rings is 2. The van der Waals surface area contributed by atoms with E-state index in [9.17, 15) is 9.59 Å². The highest BCUT2D eigenvalue weighted by Gasteiger charge is 2.12. The van der Waals surface area contributed by atoms with E-state index < -0.39 is 0 Å². The topological polar surface area (TPSA) is 101 Å². The average Bonchev–Trinajstić information content (AvgIpc) is 2.94. The molecular weight excluding hydrogens is 272 g/mol. The summed E-state index contributed by atoms with van der Waals surface area (Å²) in [5.41, 5.74) is 6.71. The molecule has 0 radical (unpaired) electrons. The standard InChI is InChI=1S/C10H12N4O2S2/c1-5(11)9-14-7(4-17-9)8(15)12-2-6-3-18-10(16)13-6/h3-5H,2,11H2,1H3,(H,12,15)(H,13,16). The van der Waals surface area contributed by atoms with E-state index in [1.165, 1.54) is 11.3 Å². The van der Waals surface area contributed by atoms with E-state index in [0.717, 1.165) is 16.3 Å². The van der Waals surface area contributed by atoms with Crippen LogP contribution >= 0.6 is 22.7 Å². The average molecular weight is 284 g/mol. The van der Waals surface area contributed by atoms with Crippen LogP contribution in [0.4, 0.5) is 0 Å². The van der Waals surface area contributed by atoms with Crippen molar-refractivity contribution < 1.29 is 4.79 Å². The predicted molar refractivity (Wildman–Crippen MR) is 70.8 cm³/mol. The van der Waals surface area contributed by atoms with E-state index in [4.69, 9.17) is 5.73 Å². The molecule has 18 heavy (non-hydrogen) atoms. The molecule has 0 aliphatic heterocycles. The van der Waals surface area contributed by atoms with Gasteiger partial charge in [0.1, 0.15) is 10.7 Å². The number of nitrogens with one attached hydrogen (secondary N) is 2. The molecule has 6 nitrogen and oxygen atoms in total. The van der Waals surface area contributed by atoms with Gasteiger partial charge < -0.3 is 16.0 Å². The first-order valence-electron chi connectivity index (χ1n) is 5.22. The molecule has 0 aliphatic rings. The van der Waals surface area contributed by atoms with Crippen molar-refractivity contribution in [2.75, 3.05) is 0 Å². The fourth-order valence-electron chi connectivity index (χ4n) is 1.27. The van der Waals surface area contributed by atoms with E-state index >= 15 is 0 Å². The van der Waals surface area contributed by atoms with Gasteiger partial charge in [-0.25, -0.2) is 4.98 Å². The molecular formula is C10H12N4O2S2. The second-order valence-electron chi connectivity index (χ2n) is 3.72. The fraction of sp³-hybridized carbons (Fsp3) is 0.300. The number of hydrogen-bond acceptors (Lipinski definition) is 6. The monoisotopic (exact) mass is 284 g/mol. The number of carbonyl (C=O) groups excluding carboxylic acids is 1. The van der Waals surface area contributed by atoms with Crippen LogP contribution in [0.3, 0.4) is 0 Å². The molecule has 0 aliphatic carbocycles. The number of H-pyrrole nitrogens is 1. The van der Waals surface area contributed by atoms with E-state index in [0.29, 0.717) is 11.4 Å². The summed E-state index contributed by atoms with van der Waals surface area (Å²) in [7, 11) is 0. The van der Waals surface area contributed by atoms with Crippen molar-refractivity contribution in [3.8, 4) is 0 Å². The predicted octanol–water partition coefficient (Wildman–Crippen LogP) is 0.843. The Bertz CT molecular complexity index is 599. The number of aromatic amines is 1. The largest absolute Gasteiger partial charge is 0.345 e. The van der Waals surface area contributed by atoms with Gasteiger partial charge in [-0.15, -0.1) is 11.3 Å². The van der Waals surface area contributed by atoms with Crippen LogP contribution in [0.25, 0.3) is 0 Å². The van der Waals surface area contributed by atoms with Gasteiger partial charge >= 0.3 is 4.87 Å². The van der Waals surface area contributed by atoms with E-state index in [1.54, 1.807) is 10.8 Å².